The van der Waals surface area contributed by atoms with Crippen LogP contribution in [-0.2, 0) is 14.8 Å². The van der Waals surface area contributed by atoms with E-state index in [0.29, 0.717) is 41.9 Å². The van der Waals surface area contributed by atoms with Crippen molar-refractivity contribution in [3.8, 4) is 0 Å². The first kappa shape index (κ1) is 21.1. The fourth-order valence-electron chi connectivity index (χ4n) is 3.00. The first-order chi connectivity index (χ1) is 13.3. The topological polar surface area (TPSA) is 69.7 Å². The average molecular weight is 442 g/mol. The summed E-state index contributed by atoms with van der Waals surface area (Å²) in [5.74, 6) is -0.181. The zero-order chi connectivity index (χ0) is 20.3. The molecule has 0 atom stereocenters. The van der Waals surface area contributed by atoms with Crippen molar-refractivity contribution in [2.24, 2.45) is 0 Å². The predicted octanol–water partition coefficient (Wildman–Crippen LogP) is 3.25. The lowest BCUT2D eigenvalue weighted by Crippen LogP contribution is -2.50. The van der Waals surface area contributed by atoms with Gasteiger partial charge in [-0.3, -0.25) is 9.69 Å². The molecule has 1 fully saturated rings. The van der Waals surface area contributed by atoms with Crippen LogP contribution in [-0.4, -0.2) is 56.3 Å². The van der Waals surface area contributed by atoms with Gasteiger partial charge in [-0.1, -0.05) is 29.3 Å². The van der Waals surface area contributed by atoms with Crippen LogP contribution in [0.5, 0.6) is 0 Å². The van der Waals surface area contributed by atoms with Gasteiger partial charge in [-0.25, -0.2) is 8.42 Å². The number of nitrogens with zero attached hydrogens (tertiary/aromatic N) is 2. The van der Waals surface area contributed by atoms with E-state index in [9.17, 15) is 13.2 Å². The number of anilines is 1. The number of aryl methyl sites for hydroxylation is 1. The van der Waals surface area contributed by atoms with Crippen molar-refractivity contribution in [3.05, 3.63) is 58.1 Å². The number of carbonyl (C=O) groups is 1. The summed E-state index contributed by atoms with van der Waals surface area (Å²) in [6.07, 6.45) is 0. The van der Waals surface area contributed by atoms with Gasteiger partial charge in [0.2, 0.25) is 15.9 Å². The minimum atomic E-state index is -3.56. The van der Waals surface area contributed by atoms with Crippen molar-refractivity contribution in [2.45, 2.75) is 11.8 Å². The molecule has 0 radical (unpaired) electrons. The van der Waals surface area contributed by atoms with Crippen LogP contribution in [0.1, 0.15) is 5.56 Å². The Labute approximate surface area is 175 Å². The molecule has 150 valence electrons. The largest absolute Gasteiger partial charge is 0.324 e. The Hall–Kier alpha value is -1.64. The van der Waals surface area contributed by atoms with Crippen LogP contribution in [0.25, 0.3) is 0 Å². The van der Waals surface area contributed by atoms with E-state index < -0.39 is 10.0 Å². The summed E-state index contributed by atoms with van der Waals surface area (Å²) in [5, 5.41) is 3.78. The van der Waals surface area contributed by atoms with Crippen LogP contribution in [0, 0.1) is 6.92 Å². The number of rotatable bonds is 5. The van der Waals surface area contributed by atoms with E-state index in [-0.39, 0.29) is 17.3 Å². The van der Waals surface area contributed by atoms with Crippen LogP contribution >= 0.6 is 23.2 Å². The number of sulfonamides is 1. The van der Waals surface area contributed by atoms with E-state index >= 15 is 0 Å². The molecule has 1 N–H and O–H groups in total. The average Bonchev–Trinajstić information content (AvgIpc) is 2.65. The monoisotopic (exact) mass is 441 g/mol. The molecule has 1 saturated heterocycles. The first-order valence-electron chi connectivity index (χ1n) is 8.80. The number of nitrogens with one attached hydrogen (secondary N) is 1. The van der Waals surface area contributed by atoms with E-state index in [1.54, 1.807) is 24.3 Å². The van der Waals surface area contributed by atoms with E-state index in [2.05, 4.69) is 5.32 Å². The smallest absolute Gasteiger partial charge is 0.243 e. The first-order valence-corrected chi connectivity index (χ1v) is 11.0. The van der Waals surface area contributed by atoms with Crippen LogP contribution in [0.2, 0.25) is 10.0 Å². The summed E-state index contributed by atoms with van der Waals surface area (Å²) in [6.45, 7) is 3.70. The SMILES string of the molecule is Cc1ccc(NC(=O)CN2CCN(S(=O)(=O)c3ccc(Cl)cc3)CC2)c(Cl)c1. The molecular weight excluding hydrogens is 421 g/mol. The number of halogens is 2. The number of piperazine rings is 1. The summed E-state index contributed by atoms with van der Waals surface area (Å²) in [5.41, 5.74) is 1.59. The highest BCUT2D eigenvalue weighted by Gasteiger charge is 2.29. The molecule has 1 heterocycles. The fourth-order valence-corrected chi connectivity index (χ4v) is 4.83. The van der Waals surface area contributed by atoms with Gasteiger partial charge < -0.3 is 5.32 Å². The van der Waals surface area contributed by atoms with Gasteiger partial charge in [0, 0.05) is 31.2 Å². The molecule has 2 aromatic rings. The molecular formula is C19H21Cl2N3O3S. The Balaban J connectivity index is 1.55. The minimum absolute atomic E-state index is 0.180. The molecule has 0 aromatic heterocycles. The van der Waals surface area contributed by atoms with Gasteiger partial charge in [0.1, 0.15) is 0 Å². The Morgan fingerprint density at radius 1 is 1.04 bits per heavy atom. The van der Waals surface area contributed by atoms with Gasteiger partial charge in [0.25, 0.3) is 0 Å². The van der Waals surface area contributed by atoms with Crippen molar-refractivity contribution in [3.63, 3.8) is 0 Å². The van der Waals surface area contributed by atoms with E-state index in [1.165, 1.54) is 16.4 Å². The maximum atomic E-state index is 12.7. The summed E-state index contributed by atoms with van der Waals surface area (Å²) in [4.78, 5) is 14.4. The molecule has 0 saturated carbocycles. The Bertz CT molecular complexity index is 957. The third kappa shape index (κ3) is 5.04. The van der Waals surface area contributed by atoms with E-state index in [0.717, 1.165) is 5.56 Å². The molecule has 3 rings (SSSR count). The van der Waals surface area contributed by atoms with E-state index in [4.69, 9.17) is 23.2 Å². The van der Waals surface area contributed by atoms with Gasteiger partial charge in [-0.15, -0.1) is 0 Å². The lowest BCUT2D eigenvalue weighted by molar-refractivity contribution is -0.117. The maximum Gasteiger partial charge on any atom is 0.243 e. The van der Waals surface area contributed by atoms with Gasteiger partial charge in [-0.2, -0.15) is 4.31 Å². The highest BCUT2D eigenvalue weighted by Crippen LogP contribution is 2.23. The lowest BCUT2D eigenvalue weighted by atomic mass is 10.2. The van der Waals surface area contributed by atoms with Crippen molar-refractivity contribution in [1.29, 1.82) is 0 Å². The van der Waals surface area contributed by atoms with Gasteiger partial charge in [-0.05, 0) is 48.9 Å². The number of amides is 1. The summed E-state index contributed by atoms with van der Waals surface area (Å²) in [6, 6.07) is 11.6. The number of benzene rings is 2. The molecule has 0 unspecified atom stereocenters. The molecule has 1 aliphatic heterocycles. The number of carbonyl (C=O) groups excluding carboxylic acids is 1. The summed E-state index contributed by atoms with van der Waals surface area (Å²) in [7, 11) is -3.56. The quantitative estimate of drug-likeness (QED) is 0.772. The Kier molecular flexibility index (Phi) is 6.62. The molecule has 0 bridgehead atoms. The second kappa shape index (κ2) is 8.80. The van der Waals surface area contributed by atoms with Crippen LogP contribution in [0.4, 0.5) is 5.69 Å². The summed E-state index contributed by atoms with van der Waals surface area (Å²) < 4.78 is 26.8. The highest BCUT2D eigenvalue weighted by molar-refractivity contribution is 7.89. The lowest BCUT2D eigenvalue weighted by Gasteiger charge is -2.33. The Morgan fingerprint density at radius 2 is 1.68 bits per heavy atom. The van der Waals surface area contributed by atoms with Crippen molar-refractivity contribution in [2.75, 3.05) is 38.0 Å². The molecule has 6 nitrogen and oxygen atoms in total. The molecule has 9 heteroatoms. The van der Waals surface area contributed by atoms with Crippen LogP contribution < -0.4 is 5.32 Å². The fraction of sp³-hybridized carbons (Fsp3) is 0.316. The number of hydrogen-bond donors (Lipinski definition) is 1. The van der Waals surface area contributed by atoms with Gasteiger partial charge >= 0.3 is 0 Å². The highest BCUT2D eigenvalue weighted by atomic mass is 35.5. The van der Waals surface area contributed by atoms with Crippen molar-refractivity contribution < 1.29 is 13.2 Å². The number of hydrogen-bond acceptors (Lipinski definition) is 4. The second-order valence-corrected chi connectivity index (χ2v) is 9.45. The Morgan fingerprint density at radius 3 is 2.29 bits per heavy atom. The van der Waals surface area contributed by atoms with Crippen molar-refractivity contribution in [1.82, 2.24) is 9.21 Å². The zero-order valence-corrected chi connectivity index (χ0v) is 17.7. The second-order valence-electron chi connectivity index (χ2n) is 6.67. The zero-order valence-electron chi connectivity index (χ0n) is 15.4. The van der Waals surface area contributed by atoms with Crippen LogP contribution in [0.3, 0.4) is 0 Å². The standard InChI is InChI=1S/C19H21Cl2N3O3S/c1-14-2-7-18(17(21)12-14)22-19(25)13-23-8-10-24(11-9-23)28(26,27)16-5-3-15(20)4-6-16/h2-7,12H,8-11,13H2,1H3,(H,22,25). The third-order valence-corrected chi connectivity index (χ3v) is 7.03. The summed E-state index contributed by atoms with van der Waals surface area (Å²) >= 11 is 12.0. The molecule has 28 heavy (non-hydrogen) atoms. The minimum Gasteiger partial charge on any atom is -0.324 e. The normalized spacial score (nSPS) is 16.1. The molecule has 1 aliphatic rings. The van der Waals surface area contributed by atoms with Crippen molar-refractivity contribution >= 4 is 44.8 Å². The molecule has 1 amide bonds. The molecule has 2 aromatic carbocycles. The van der Waals surface area contributed by atoms with E-state index in [1.807, 2.05) is 17.9 Å². The molecule has 0 aliphatic carbocycles. The van der Waals surface area contributed by atoms with Crippen LogP contribution in [0.15, 0.2) is 47.4 Å². The maximum absolute atomic E-state index is 12.7. The molecule has 0 spiro atoms. The predicted molar refractivity (Wildman–Crippen MR) is 111 cm³/mol. The van der Waals surface area contributed by atoms with Gasteiger partial charge in [0.15, 0.2) is 0 Å². The van der Waals surface area contributed by atoms with Gasteiger partial charge in [0.05, 0.1) is 22.2 Å². The third-order valence-electron chi connectivity index (χ3n) is 4.55.